The first kappa shape index (κ1) is 18.6. The number of rotatable bonds is 16. The summed E-state index contributed by atoms with van der Waals surface area (Å²) in [6, 6.07) is 0. The normalized spacial score (nSPS) is 10.8. The summed E-state index contributed by atoms with van der Waals surface area (Å²) in [5.74, 6) is 0. The molecule has 0 unspecified atom stereocenters. The molecule has 0 aromatic heterocycles. The van der Waals surface area contributed by atoms with Gasteiger partial charge in [0.15, 0.2) is 0 Å². The Morgan fingerprint density at radius 1 is 0.842 bits per heavy atom. The molecule has 3 heteroatoms. The van der Waals surface area contributed by atoms with Gasteiger partial charge < -0.3 is 14.8 Å². The zero-order valence-electron chi connectivity index (χ0n) is 12.8. The first-order valence-electron chi connectivity index (χ1n) is 8.14. The Labute approximate surface area is 119 Å². The van der Waals surface area contributed by atoms with Crippen LogP contribution in [-0.4, -0.2) is 32.6 Å². The van der Waals surface area contributed by atoms with Crippen LogP contribution in [0.3, 0.4) is 0 Å². The lowest BCUT2D eigenvalue weighted by molar-refractivity contribution is -0.107. The van der Waals surface area contributed by atoms with Crippen LogP contribution in [0.5, 0.6) is 0 Å². The van der Waals surface area contributed by atoms with Crippen LogP contribution in [0.15, 0.2) is 0 Å². The summed E-state index contributed by atoms with van der Waals surface area (Å²) >= 11 is 0. The lowest BCUT2D eigenvalue weighted by atomic mass is 10.1. The third kappa shape index (κ3) is 17.6. The molecule has 114 valence electrons. The quantitative estimate of drug-likeness (QED) is 0.343. The minimum atomic E-state index is 0.659. The molecular formula is C16H33NO2. The van der Waals surface area contributed by atoms with Crippen LogP contribution in [0.4, 0.5) is 0 Å². The number of ether oxygens (including phenoxy) is 1. The van der Waals surface area contributed by atoms with E-state index in [2.05, 4.69) is 12.2 Å². The minimum absolute atomic E-state index is 0.659. The maximum atomic E-state index is 10.1. The Kier molecular flexibility index (Phi) is 17.2. The molecule has 3 nitrogen and oxygen atoms in total. The Bertz CT molecular complexity index is 174. The van der Waals surface area contributed by atoms with Gasteiger partial charge in [-0.2, -0.15) is 0 Å². The molecular weight excluding hydrogens is 238 g/mol. The van der Waals surface area contributed by atoms with E-state index in [0.29, 0.717) is 6.42 Å². The van der Waals surface area contributed by atoms with E-state index in [1.54, 1.807) is 0 Å². The van der Waals surface area contributed by atoms with Gasteiger partial charge in [0.25, 0.3) is 0 Å². The zero-order valence-corrected chi connectivity index (χ0v) is 12.8. The molecule has 0 aliphatic rings. The van der Waals surface area contributed by atoms with Gasteiger partial charge in [0, 0.05) is 19.6 Å². The van der Waals surface area contributed by atoms with Gasteiger partial charge in [-0.1, -0.05) is 51.9 Å². The summed E-state index contributed by atoms with van der Waals surface area (Å²) in [7, 11) is 0. The Hall–Kier alpha value is -0.410. The Balaban J connectivity index is 2.89. The van der Waals surface area contributed by atoms with Crippen molar-refractivity contribution in [2.24, 2.45) is 0 Å². The summed E-state index contributed by atoms with van der Waals surface area (Å²) in [5.41, 5.74) is 0. The van der Waals surface area contributed by atoms with E-state index in [1.165, 1.54) is 51.4 Å². The van der Waals surface area contributed by atoms with Gasteiger partial charge in [0.1, 0.15) is 6.29 Å². The van der Waals surface area contributed by atoms with Gasteiger partial charge in [-0.15, -0.1) is 0 Å². The predicted molar refractivity (Wildman–Crippen MR) is 81.6 cm³/mol. The van der Waals surface area contributed by atoms with E-state index in [9.17, 15) is 4.79 Å². The zero-order chi connectivity index (χ0) is 14.0. The van der Waals surface area contributed by atoms with Crippen molar-refractivity contribution in [1.82, 2.24) is 5.32 Å². The molecule has 0 fully saturated rings. The molecule has 0 bridgehead atoms. The van der Waals surface area contributed by atoms with E-state index in [4.69, 9.17) is 4.74 Å². The van der Waals surface area contributed by atoms with E-state index in [0.717, 1.165) is 39.0 Å². The number of carbonyl (C=O) groups excluding carboxylic acids is 1. The van der Waals surface area contributed by atoms with E-state index in [1.807, 2.05) is 0 Å². The molecule has 0 saturated heterocycles. The van der Waals surface area contributed by atoms with Crippen LogP contribution < -0.4 is 5.32 Å². The first-order chi connectivity index (χ1) is 9.41. The van der Waals surface area contributed by atoms with E-state index < -0.39 is 0 Å². The highest BCUT2D eigenvalue weighted by atomic mass is 16.5. The molecule has 1 N–H and O–H groups in total. The fraction of sp³-hybridized carbons (Fsp3) is 0.938. The second-order valence-corrected chi connectivity index (χ2v) is 5.15. The van der Waals surface area contributed by atoms with Gasteiger partial charge in [-0.05, 0) is 19.4 Å². The molecule has 0 rings (SSSR count). The van der Waals surface area contributed by atoms with Crippen LogP contribution in [0.2, 0.25) is 0 Å². The number of aldehydes is 1. The van der Waals surface area contributed by atoms with Gasteiger partial charge in [-0.3, -0.25) is 0 Å². The summed E-state index contributed by atoms with van der Waals surface area (Å²) in [6.07, 6.45) is 13.3. The van der Waals surface area contributed by atoms with Crippen LogP contribution in [0.25, 0.3) is 0 Å². The highest BCUT2D eigenvalue weighted by molar-refractivity contribution is 5.48. The van der Waals surface area contributed by atoms with Crippen molar-refractivity contribution in [3.63, 3.8) is 0 Å². The second-order valence-electron chi connectivity index (χ2n) is 5.15. The SMILES string of the molecule is CCCCCCCCCCOCCNCCCC=O. The van der Waals surface area contributed by atoms with Crippen LogP contribution in [0.1, 0.15) is 71.1 Å². The largest absolute Gasteiger partial charge is 0.380 e. The highest BCUT2D eigenvalue weighted by Crippen LogP contribution is 2.08. The topological polar surface area (TPSA) is 38.3 Å². The van der Waals surface area contributed by atoms with Crippen molar-refractivity contribution < 1.29 is 9.53 Å². The first-order valence-corrected chi connectivity index (χ1v) is 8.14. The lowest BCUT2D eigenvalue weighted by Gasteiger charge is -2.05. The van der Waals surface area contributed by atoms with Crippen LogP contribution in [0, 0.1) is 0 Å². The number of hydrogen-bond acceptors (Lipinski definition) is 3. The summed E-state index contributed by atoms with van der Waals surface area (Å²) < 4.78 is 5.55. The van der Waals surface area contributed by atoms with Crippen molar-refractivity contribution in [3.8, 4) is 0 Å². The van der Waals surface area contributed by atoms with Gasteiger partial charge >= 0.3 is 0 Å². The molecule has 0 aliphatic carbocycles. The minimum Gasteiger partial charge on any atom is -0.380 e. The smallest absolute Gasteiger partial charge is 0.120 e. The van der Waals surface area contributed by atoms with Crippen LogP contribution >= 0.6 is 0 Å². The monoisotopic (exact) mass is 271 g/mol. The third-order valence-electron chi connectivity index (χ3n) is 3.24. The molecule has 0 aliphatic heterocycles. The molecule has 19 heavy (non-hydrogen) atoms. The van der Waals surface area contributed by atoms with E-state index >= 15 is 0 Å². The molecule has 0 saturated carbocycles. The van der Waals surface area contributed by atoms with Gasteiger partial charge in [0.2, 0.25) is 0 Å². The summed E-state index contributed by atoms with van der Waals surface area (Å²) in [4.78, 5) is 10.1. The van der Waals surface area contributed by atoms with Crippen LogP contribution in [-0.2, 0) is 9.53 Å². The molecule has 0 aromatic carbocycles. The molecule has 0 radical (unpaired) electrons. The van der Waals surface area contributed by atoms with E-state index in [-0.39, 0.29) is 0 Å². The van der Waals surface area contributed by atoms with Gasteiger partial charge in [0.05, 0.1) is 6.61 Å². The maximum absolute atomic E-state index is 10.1. The molecule has 0 amide bonds. The number of nitrogens with one attached hydrogen (secondary N) is 1. The average Bonchev–Trinajstić information content (AvgIpc) is 2.43. The van der Waals surface area contributed by atoms with Crippen molar-refractivity contribution in [2.75, 3.05) is 26.3 Å². The maximum Gasteiger partial charge on any atom is 0.120 e. The van der Waals surface area contributed by atoms with Gasteiger partial charge in [-0.25, -0.2) is 0 Å². The van der Waals surface area contributed by atoms with Crippen molar-refractivity contribution in [1.29, 1.82) is 0 Å². The van der Waals surface area contributed by atoms with Crippen molar-refractivity contribution in [3.05, 3.63) is 0 Å². The highest BCUT2D eigenvalue weighted by Gasteiger charge is 1.93. The number of hydrogen-bond donors (Lipinski definition) is 1. The summed E-state index contributed by atoms with van der Waals surface area (Å²) in [6.45, 7) is 5.76. The average molecular weight is 271 g/mol. The predicted octanol–water partition coefficient (Wildman–Crippen LogP) is 3.71. The molecule has 0 atom stereocenters. The molecule has 0 aromatic rings. The second kappa shape index (κ2) is 17.6. The summed E-state index contributed by atoms with van der Waals surface area (Å²) in [5, 5.41) is 3.27. The molecule has 0 spiro atoms. The fourth-order valence-corrected chi connectivity index (χ4v) is 2.02. The van der Waals surface area contributed by atoms with Crippen molar-refractivity contribution >= 4 is 6.29 Å². The number of carbonyl (C=O) groups is 1. The molecule has 0 heterocycles. The Morgan fingerprint density at radius 2 is 1.53 bits per heavy atom. The van der Waals surface area contributed by atoms with Crippen molar-refractivity contribution in [2.45, 2.75) is 71.1 Å². The Morgan fingerprint density at radius 3 is 2.21 bits per heavy atom. The fourth-order valence-electron chi connectivity index (χ4n) is 2.02. The number of unbranched alkanes of at least 4 members (excludes halogenated alkanes) is 8. The third-order valence-corrected chi connectivity index (χ3v) is 3.24. The lowest BCUT2D eigenvalue weighted by Crippen LogP contribution is -2.21. The standard InChI is InChI=1S/C16H33NO2/c1-2-3-4-5-6-7-8-11-15-19-16-13-17-12-9-10-14-18/h14,17H,2-13,15-16H2,1H3.